The van der Waals surface area contributed by atoms with Crippen molar-refractivity contribution in [2.75, 3.05) is 13.2 Å². The van der Waals surface area contributed by atoms with E-state index in [0.29, 0.717) is 5.92 Å². The lowest BCUT2D eigenvalue weighted by molar-refractivity contribution is -0.164. The van der Waals surface area contributed by atoms with Crippen LogP contribution in [0, 0.1) is 5.92 Å². The molecule has 2 rings (SSSR count). The van der Waals surface area contributed by atoms with E-state index in [-0.39, 0.29) is 6.29 Å². The second-order valence-electron chi connectivity index (χ2n) is 3.69. The van der Waals surface area contributed by atoms with Gasteiger partial charge in [0.25, 0.3) is 0 Å². The van der Waals surface area contributed by atoms with Crippen LogP contribution in [0.15, 0.2) is 12.2 Å². The van der Waals surface area contributed by atoms with Gasteiger partial charge in [0.05, 0.1) is 6.61 Å². The van der Waals surface area contributed by atoms with Crippen LogP contribution in [0.3, 0.4) is 0 Å². The highest BCUT2D eigenvalue weighted by atomic mass is 16.7. The molecule has 12 heavy (non-hydrogen) atoms. The molecule has 0 aromatic heterocycles. The summed E-state index contributed by atoms with van der Waals surface area (Å²) in [4.78, 5) is 0. The SMILES string of the molecule is C=C1CC1COC1CCCCO1. The maximum atomic E-state index is 5.59. The minimum absolute atomic E-state index is 0.0761. The number of hydrogen-bond donors (Lipinski definition) is 0. The molecule has 0 N–H and O–H groups in total. The normalized spacial score (nSPS) is 35.2. The average molecular weight is 168 g/mol. The fraction of sp³-hybridized carbons (Fsp3) is 0.800. The summed E-state index contributed by atoms with van der Waals surface area (Å²) in [5.74, 6) is 0.635. The molecule has 1 saturated carbocycles. The van der Waals surface area contributed by atoms with E-state index in [1.165, 1.54) is 18.4 Å². The summed E-state index contributed by atoms with van der Waals surface area (Å²) in [6, 6.07) is 0. The van der Waals surface area contributed by atoms with Gasteiger partial charge in [-0.1, -0.05) is 12.2 Å². The summed E-state index contributed by atoms with van der Waals surface area (Å²) in [5, 5.41) is 0. The monoisotopic (exact) mass is 168 g/mol. The summed E-state index contributed by atoms with van der Waals surface area (Å²) in [6.45, 7) is 5.59. The van der Waals surface area contributed by atoms with Gasteiger partial charge in [-0.3, -0.25) is 0 Å². The first-order valence-corrected chi connectivity index (χ1v) is 4.77. The Morgan fingerprint density at radius 2 is 2.33 bits per heavy atom. The quantitative estimate of drug-likeness (QED) is 0.601. The maximum Gasteiger partial charge on any atom is 0.157 e. The molecule has 1 aliphatic carbocycles. The van der Waals surface area contributed by atoms with Crippen LogP contribution in [-0.2, 0) is 9.47 Å². The second-order valence-corrected chi connectivity index (χ2v) is 3.69. The van der Waals surface area contributed by atoms with Crippen molar-refractivity contribution < 1.29 is 9.47 Å². The molecule has 2 atom stereocenters. The van der Waals surface area contributed by atoms with Crippen molar-refractivity contribution in [3.8, 4) is 0 Å². The molecule has 0 spiro atoms. The molecule has 0 radical (unpaired) electrons. The molecule has 2 aliphatic rings. The van der Waals surface area contributed by atoms with E-state index < -0.39 is 0 Å². The van der Waals surface area contributed by atoms with Gasteiger partial charge in [-0.05, 0) is 25.7 Å². The van der Waals surface area contributed by atoms with E-state index in [1.54, 1.807) is 0 Å². The Labute approximate surface area is 73.5 Å². The molecule has 0 aromatic carbocycles. The van der Waals surface area contributed by atoms with E-state index >= 15 is 0 Å². The van der Waals surface area contributed by atoms with Crippen LogP contribution >= 0.6 is 0 Å². The first-order chi connectivity index (χ1) is 5.86. The largest absolute Gasteiger partial charge is 0.353 e. The van der Waals surface area contributed by atoms with E-state index in [4.69, 9.17) is 9.47 Å². The Balaban J connectivity index is 1.62. The lowest BCUT2D eigenvalue weighted by Crippen LogP contribution is -2.23. The molecule has 2 heteroatoms. The molecule has 0 aromatic rings. The summed E-state index contributed by atoms with van der Waals surface area (Å²) in [6.07, 6.45) is 4.74. The van der Waals surface area contributed by atoms with E-state index in [9.17, 15) is 0 Å². The van der Waals surface area contributed by atoms with Crippen LogP contribution in [0.2, 0.25) is 0 Å². The Morgan fingerprint density at radius 1 is 1.50 bits per heavy atom. The lowest BCUT2D eigenvalue weighted by Gasteiger charge is -2.22. The zero-order chi connectivity index (χ0) is 8.39. The molecule has 68 valence electrons. The fourth-order valence-corrected chi connectivity index (χ4v) is 1.50. The number of rotatable bonds is 3. The smallest absolute Gasteiger partial charge is 0.157 e. The van der Waals surface area contributed by atoms with Crippen molar-refractivity contribution >= 4 is 0 Å². The van der Waals surface area contributed by atoms with Gasteiger partial charge in [0.1, 0.15) is 0 Å². The molecule has 2 fully saturated rings. The van der Waals surface area contributed by atoms with Crippen LogP contribution < -0.4 is 0 Å². The number of ether oxygens (including phenoxy) is 2. The van der Waals surface area contributed by atoms with Gasteiger partial charge in [-0.25, -0.2) is 0 Å². The van der Waals surface area contributed by atoms with Crippen molar-refractivity contribution in [2.45, 2.75) is 32.0 Å². The Morgan fingerprint density at radius 3 is 2.92 bits per heavy atom. The average Bonchev–Trinajstić information content (AvgIpc) is 2.81. The summed E-state index contributed by atoms with van der Waals surface area (Å²) in [5.41, 5.74) is 1.34. The van der Waals surface area contributed by atoms with Crippen LogP contribution in [0.5, 0.6) is 0 Å². The van der Waals surface area contributed by atoms with Gasteiger partial charge in [0.2, 0.25) is 0 Å². The van der Waals surface area contributed by atoms with Crippen LogP contribution in [-0.4, -0.2) is 19.5 Å². The van der Waals surface area contributed by atoms with Crippen LogP contribution in [0.4, 0.5) is 0 Å². The van der Waals surface area contributed by atoms with Gasteiger partial charge in [-0.2, -0.15) is 0 Å². The summed E-state index contributed by atoms with van der Waals surface area (Å²) < 4.78 is 11.0. The first-order valence-electron chi connectivity index (χ1n) is 4.77. The predicted molar refractivity (Wildman–Crippen MR) is 46.8 cm³/mol. The van der Waals surface area contributed by atoms with Crippen molar-refractivity contribution in [1.82, 2.24) is 0 Å². The highest BCUT2D eigenvalue weighted by Crippen LogP contribution is 2.36. The van der Waals surface area contributed by atoms with Crippen molar-refractivity contribution in [1.29, 1.82) is 0 Å². The first kappa shape index (κ1) is 8.27. The van der Waals surface area contributed by atoms with E-state index in [1.807, 2.05) is 0 Å². The van der Waals surface area contributed by atoms with Gasteiger partial charge >= 0.3 is 0 Å². The van der Waals surface area contributed by atoms with Gasteiger partial charge < -0.3 is 9.47 Å². The van der Waals surface area contributed by atoms with Crippen LogP contribution in [0.1, 0.15) is 25.7 Å². The fourth-order valence-electron chi connectivity index (χ4n) is 1.50. The third-order valence-electron chi connectivity index (χ3n) is 2.55. The minimum Gasteiger partial charge on any atom is -0.353 e. The lowest BCUT2D eigenvalue weighted by atomic mass is 10.2. The molecule has 1 aliphatic heterocycles. The molecule has 0 bridgehead atoms. The molecular weight excluding hydrogens is 152 g/mol. The standard InChI is InChI=1S/C10H16O2/c1-8-6-9(8)7-12-10-4-2-3-5-11-10/h9-10H,1-7H2. The Hall–Kier alpha value is -0.340. The molecule has 0 amide bonds. The second kappa shape index (κ2) is 3.58. The zero-order valence-corrected chi connectivity index (χ0v) is 7.42. The Bertz CT molecular complexity index is 171. The van der Waals surface area contributed by atoms with E-state index in [0.717, 1.165) is 26.1 Å². The topological polar surface area (TPSA) is 18.5 Å². The molecule has 1 heterocycles. The highest BCUT2D eigenvalue weighted by molar-refractivity contribution is 5.18. The minimum atomic E-state index is 0.0761. The Kier molecular flexibility index (Phi) is 2.47. The summed E-state index contributed by atoms with van der Waals surface area (Å²) in [7, 11) is 0. The van der Waals surface area contributed by atoms with Crippen molar-refractivity contribution in [2.24, 2.45) is 5.92 Å². The van der Waals surface area contributed by atoms with Crippen molar-refractivity contribution in [3.63, 3.8) is 0 Å². The van der Waals surface area contributed by atoms with Gasteiger partial charge in [0.15, 0.2) is 6.29 Å². The van der Waals surface area contributed by atoms with Crippen LogP contribution in [0.25, 0.3) is 0 Å². The zero-order valence-electron chi connectivity index (χ0n) is 7.42. The molecular formula is C10H16O2. The van der Waals surface area contributed by atoms with Crippen molar-refractivity contribution in [3.05, 3.63) is 12.2 Å². The molecule has 2 unspecified atom stereocenters. The third kappa shape index (κ3) is 2.08. The summed E-state index contributed by atoms with van der Waals surface area (Å²) >= 11 is 0. The number of hydrogen-bond acceptors (Lipinski definition) is 2. The molecule has 1 saturated heterocycles. The van der Waals surface area contributed by atoms with E-state index in [2.05, 4.69) is 6.58 Å². The predicted octanol–water partition coefficient (Wildman–Crippen LogP) is 2.11. The van der Waals surface area contributed by atoms with Gasteiger partial charge in [0, 0.05) is 12.5 Å². The van der Waals surface area contributed by atoms with Gasteiger partial charge in [-0.15, -0.1) is 0 Å². The molecule has 2 nitrogen and oxygen atoms in total. The maximum absolute atomic E-state index is 5.59. The third-order valence-corrected chi connectivity index (χ3v) is 2.55. The highest BCUT2D eigenvalue weighted by Gasteiger charge is 2.28.